The largest absolute Gasteiger partial charge is 0.302 e. The highest BCUT2D eigenvalue weighted by Crippen LogP contribution is 2.61. The van der Waals surface area contributed by atoms with Gasteiger partial charge in [0, 0.05) is 11.7 Å². The Balaban J connectivity index is 2.52. The molecule has 0 radical (unpaired) electrons. The van der Waals surface area contributed by atoms with Gasteiger partial charge in [0.2, 0.25) is 0 Å². The standard InChI is InChI=1S/C13H12FNO3S/c1-2-19(17,18)12-11(13(12,7-15)8-16)9-4-3-5-10(14)6-9/h3-6,8,11-12H,2H2,1H3/t11-,12+,13+/m0/s1. The Hall–Kier alpha value is -1.74. The quantitative estimate of drug-likeness (QED) is 0.782. The molecule has 0 N–H and O–H groups in total. The number of halogens is 1. The second-order valence-corrected chi connectivity index (χ2v) is 6.98. The van der Waals surface area contributed by atoms with Gasteiger partial charge < -0.3 is 4.79 Å². The molecule has 0 amide bonds. The van der Waals surface area contributed by atoms with Crippen molar-refractivity contribution in [3.63, 3.8) is 0 Å². The van der Waals surface area contributed by atoms with Crippen molar-refractivity contribution in [3.8, 4) is 6.07 Å². The lowest BCUT2D eigenvalue weighted by molar-refractivity contribution is -0.110. The molecule has 1 aromatic carbocycles. The minimum atomic E-state index is -3.54. The zero-order valence-corrected chi connectivity index (χ0v) is 11.0. The Morgan fingerprint density at radius 1 is 1.53 bits per heavy atom. The van der Waals surface area contributed by atoms with Crippen LogP contribution in [0.3, 0.4) is 0 Å². The Kier molecular flexibility index (Phi) is 3.19. The molecule has 0 spiro atoms. The van der Waals surface area contributed by atoms with E-state index in [4.69, 9.17) is 5.26 Å². The van der Waals surface area contributed by atoms with Gasteiger partial charge in [-0.1, -0.05) is 19.1 Å². The van der Waals surface area contributed by atoms with E-state index in [2.05, 4.69) is 0 Å². The first-order valence-electron chi connectivity index (χ1n) is 5.77. The minimum Gasteiger partial charge on any atom is -0.302 e. The van der Waals surface area contributed by atoms with Crippen LogP contribution in [-0.4, -0.2) is 25.7 Å². The van der Waals surface area contributed by atoms with Gasteiger partial charge in [-0.3, -0.25) is 0 Å². The van der Waals surface area contributed by atoms with Crippen molar-refractivity contribution in [2.75, 3.05) is 5.75 Å². The molecule has 0 aliphatic heterocycles. The van der Waals surface area contributed by atoms with Crippen LogP contribution in [0.1, 0.15) is 18.4 Å². The predicted octanol–water partition coefficient (Wildman–Crippen LogP) is 1.44. The number of hydrogen-bond donors (Lipinski definition) is 0. The maximum atomic E-state index is 13.2. The molecule has 0 unspecified atom stereocenters. The molecule has 1 aromatic rings. The average molecular weight is 281 g/mol. The van der Waals surface area contributed by atoms with Gasteiger partial charge in [-0.05, 0) is 17.7 Å². The average Bonchev–Trinajstić information content (AvgIpc) is 3.09. The van der Waals surface area contributed by atoms with Crippen molar-refractivity contribution in [1.82, 2.24) is 0 Å². The molecule has 1 fully saturated rings. The Bertz CT molecular complexity index is 665. The Morgan fingerprint density at radius 2 is 2.21 bits per heavy atom. The van der Waals surface area contributed by atoms with Crippen molar-refractivity contribution in [2.45, 2.75) is 18.1 Å². The van der Waals surface area contributed by atoms with E-state index in [1.165, 1.54) is 31.2 Å². The summed E-state index contributed by atoms with van der Waals surface area (Å²) >= 11 is 0. The van der Waals surface area contributed by atoms with E-state index < -0.39 is 32.2 Å². The molecule has 0 bridgehead atoms. The Morgan fingerprint density at radius 3 is 2.68 bits per heavy atom. The van der Waals surface area contributed by atoms with Gasteiger partial charge in [0.05, 0.1) is 11.3 Å². The van der Waals surface area contributed by atoms with Gasteiger partial charge in [0.25, 0.3) is 0 Å². The number of nitriles is 1. The number of carbonyl (C=O) groups excluding carboxylic acids is 1. The van der Waals surface area contributed by atoms with Crippen LogP contribution in [0.4, 0.5) is 4.39 Å². The summed E-state index contributed by atoms with van der Waals surface area (Å²) in [5.41, 5.74) is -1.21. The van der Waals surface area contributed by atoms with Crippen molar-refractivity contribution in [2.24, 2.45) is 5.41 Å². The molecule has 3 atom stereocenters. The zero-order valence-electron chi connectivity index (χ0n) is 10.2. The fraction of sp³-hybridized carbons (Fsp3) is 0.385. The summed E-state index contributed by atoms with van der Waals surface area (Å²) in [6.07, 6.45) is 0.375. The van der Waals surface area contributed by atoms with Crippen LogP contribution in [0, 0.1) is 22.6 Å². The highest BCUT2D eigenvalue weighted by Gasteiger charge is 2.72. The lowest BCUT2D eigenvalue weighted by Gasteiger charge is -2.00. The topological polar surface area (TPSA) is 75.0 Å². The van der Waals surface area contributed by atoms with Crippen LogP contribution >= 0.6 is 0 Å². The van der Waals surface area contributed by atoms with Crippen LogP contribution in [0.5, 0.6) is 0 Å². The number of hydrogen-bond acceptors (Lipinski definition) is 4. The van der Waals surface area contributed by atoms with Crippen LogP contribution in [0.15, 0.2) is 24.3 Å². The van der Waals surface area contributed by atoms with Crippen LogP contribution < -0.4 is 0 Å². The summed E-state index contributed by atoms with van der Waals surface area (Å²) in [5.74, 6) is -1.45. The zero-order chi connectivity index (χ0) is 14.3. The lowest BCUT2D eigenvalue weighted by Crippen LogP contribution is -2.17. The van der Waals surface area contributed by atoms with Gasteiger partial charge >= 0.3 is 0 Å². The van der Waals surface area contributed by atoms with Gasteiger partial charge in [0.1, 0.15) is 17.5 Å². The molecule has 4 nitrogen and oxygen atoms in total. The summed E-state index contributed by atoms with van der Waals surface area (Å²) in [6, 6.07) is 7.16. The van der Waals surface area contributed by atoms with E-state index in [0.717, 1.165) is 0 Å². The van der Waals surface area contributed by atoms with Crippen LogP contribution in [-0.2, 0) is 14.6 Å². The molecule has 0 saturated heterocycles. The SMILES string of the molecule is CCS(=O)(=O)[C@@H]1[C@H](c2cccc(F)c2)[C@@]1(C#N)C=O. The van der Waals surface area contributed by atoms with Crippen molar-refractivity contribution >= 4 is 16.1 Å². The summed E-state index contributed by atoms with van der Waals surface area (Å²) in [4.78, 5) is 11.2. The molecule has 100 valence electrons. The van der Waals surface area contributed by atoms with E-state index >= 15 is 0 Å². The number of sulfone groups is 1. The molecule has 6 heteroatoms. The number of aldehydes is 1. The molecule has 1 saturated carbocycles. The molecule has 0 heterocycles. The first-order chi connectivity index (χ1) is 8.93. The van der Waals surface area contributed by atoms with Crippen LogP contribution in [0.25, 0.3) is 0 Å². The number of nitrogens with zero attached hydrogens (tertiary/aromatic N) is 1. The van der Waals surface area contributed by atoms with Crippen molar-refractivity contribution in [3.05, 3.63) is 35.6 Å². The van der Waals surface area contributed by atoms with E-state index in [1.807, 2.05) is 0 Å². The molecule has 1 aliphatic carbocycles. The highest BCUT2D eigenvalue weighted by molar-refractivity contribution is 7.92. The molecule has 0 aromatic heterocycles. The maximum Gasteiger partial charge on any atom is 0.155 e. The lowest BCUT2D eigenvalue weighted by atomic mass is 10.0. The molecular formula is C13H12FNO3S. The van der Waals surface area contributed by atoms with Gasteiger partial charge in [0.15, 0.2) is 9.84 Å². The van der Waals surface area contributed by atoms with E-state index in [0.29, 0.717) is 11.8 Å². The maximum absolute atomic E-state index is 13.2. The number of benzene rings is 1. The second-order valence-electron chi connectivity index (χ2n) is 4.57. The summed E-state index contributed by atoms with van der Waals surface area (Å²) < 4.78 is 37.1. The van der Waals surface area contributed by atoms with Gasteiger partial charge in [-0.15, -0.1) is 0 Å². The molecular weight excluding hydrogens is 269 g/mol. The fourth-order valence-corrected chi connectivity index (χ4v) is 4.44. The van der Waals surface area contributed by atoms with E-state index in [9.17, 15) is 17.6 Å². The van der Waals surface area contributed by atoms with Gasteiger partial charge in [-0.25, -0.2) is 12.8 Å². The van der Waals surface area contributed by atoms with Crippen molar-refractivity contribution < 1.29 is 17.6 Å². The first kappa shape index (κ1) is 13.7. The third-order valence-electron chi connectivity index (χ3n) is 3.56. The van der Waals surface area contributed by atoms with Crippen molar-refractivity contribution in [1.29, 1.82) is 5.26 Å². The third kappa shape index (κ3) is 1.94. The molecule has 19 heavy (non-hydrogen) atoms. The number of rotatable bonds is 4. The summed E-state index contributed by atoms with van der Waals surface area (Å²) in [6.45, 7) is 1.46. The van der Waals surface area contributed by atoms with E-state index in [-0.39, 0.29) is 5.75 Å². The van der Waals surface area contributed by atoms with Gasteiger partial charge in [-0.2, -0.15) is 5.26 Å². The van der Waals surface area contributed by atoms with E-state index in [1.54, 1.807) is 6.07 Å². The molecule has 2 rings (SSSR count). The number of carbonyl (C=O) groups is 1. The smallest absolute Gasteiger partial charge is 0.155 e. The first-order valence-corrected chi connectivity index (χ1v) is 7.49. The predicted molar refractivity (Wildman–Crippen MR) is 66.5 cm³/mol. The summed E-state index contributed by atoms with van der Waals surface area (Å²) in [7, 11) is -3.54. The monoisotopic (exact) mass is 281 g/mol. The summed E-state index contributed by atoms with van der Waals surface area (Å²) in [5, 5.41) is 8.07. The fourth-order valence-electron chi connectivity index (χ4n) is 2.51. The third-order valence-corrected chi connectivity index (χ3v) is 5.81. The minimum absolute atomic E-state index is 0.152. The molecule has 1 aliphatic rings. The normalized spacial score (nSPS) is 29.5. The van der Waals surface area contributed by atoms with Crippen LogP contribution in [0.2, 0.25) is 0 Å². The second kappa shape index (κ2) is 4.42. The Labute approximate surface area is 110 Å². The highest BCUT2D eigenvalue weighted by atomic mass is 32.2.